The summed E-state index contributed by atoms with van der Waals surface area (Å²) in [6.07, 6.45) is 0.680. The van der Waals surface area contributed by atoms with Crippen LogP contribution >= 0.6 is 11.5 Å². The highest BCUT2D eigenvalue weighted by Crippen LogP contribution is 2.24. The zero-order chi connectivity index (χ0) is 15.7. The highest BCUT2D eigenvalue weighted by molar-refractivity contribution is 7.08. The minimum absolute atomic E-state index is 0.196. The number of aryl methyl sites for hydroxylation is 1. The highest BCUT2D eigenvalue weighted by atomic mass is 32.1. The van der Waals surface area contributed by atoms with Crippen molar-refractivity contribution in [1.29, 1.82) is 0 Å². The van der Waals surface area contributed by atoms with Gasteiger partial charge in [0.1, 0.15) is 10.4 Å². The van der Waals surface area contributed by atoms with Crippen LogP contribution in [0.15, 0.2) is 22.6 Å². The Hall–Kier alpha value is -2.28. The largest absolute Gasteiger partial charge is 0.440 e. The summed E-state index contributed by atoms with van der Waals surface area (Å²) in [6.45, 7) is 6.00. The first-order valence-corrected chi connectivity index (χ1v) is 7.89. The topological polar surface area (TPSA) is 80.9 Å². The van der Waals surface area contributed by atoms with E-state index in [1.165, 1.54) is 0 Å². The first kappa shape index (κ1) is 14.6. The monoisotopic (exact) mass is 316 g/mol. The van der Waals surface area contributed by atoms with Crippen molar-refractivity contribution in [1.82, 2.24) is 14.6 Å². The lowest BCUT2D eigenvalue weighted by Crippen LogP contribution is -2.12. The summed E-state index contributed by atoms with van der Waals surface area (Å²) in [7, 11) is 0. The molecule has 1 aromatic carbocycles. The Morgan fingerprint density at radius 3 is 2.95 bits per heavy atom. The third-order valence-electron chi connectivity index (χ3n) is 3.25. The van der Waals surface area contributed by atoms with Gasteiger partial charge in [-0.2, -0.15) is 0 Å². The second kappa shape index (κ2) is 5.84. The fourth-order valence-electron chi connectivity index (χ4n) is 2.07. The number of carbonyl (C=O) groups is 1. The average molecular weight is 316 g/mol. The van der Waals surface area contributed by atoms with Crippen molar-refractivity contribution in [2.45, 2.75) is 33.1 Å². The Bertz CT molecular complexity index is 822. The minimum atomic E-state index is -0.196. The highest BCUT2D eigenvalue weighted by Gasteiger charge is 2.16. The number of nitrogens with zero attached hydrogens (tertiary/aromatic N) is 3. The van der Waals surface area contributed by atoms with Gasteiger partial charge in [-0.25, -0.2) is 4.98 Å². The van der Waals surface area contributed by atoms with E-state index >= 15 is 0 Å². The lowest BCUT2D eigenvalue weighted by atomic mass is 10.2. The SMILES string of the molecule is CCc1nnsc1C(=O)Nc1ccc2oc(C(C)C)nc2c1. The summed E-state index contributed by atoms with van der Waals surface area (Å²) >= 11 is 1.11. The zero-order valence-electron chi connectivity index (χ0n) is 12.6. The number of amides is 1. The summed E-state index contributed by atoms with van der Waals surface area (Å²) in [6, 6.07) is 5.42. The van der Waals surface area contributed by atoms with Crippen molar-refractivity contribution in [3.05, 3.63) is 34.7 Å². The van der Waals surface area contributed by atoms with Crippen molar-refractivity contribution in [2.75, 3.05) is 5.32 Å². The van der Waals surface area contributed by atoms with Crippen molar-refractivity contribution in [3.8, 4) is 0 Å². The summed E-state index contributed by atoms with van der Waals surface area (Å²) in [5.74, 6) is 0.720. The van der Waals surface area contributed by atoms with Crippen LogP contribution in [0.25, 0.3) is 11.1 Å². The van der Waals surface area contributed by atoms with E-state index < -0.39 is 0 Å². The van der Waals surface area contributed by atoms with E-state index in [0.717, 1.165) is 22.6 Å². The van der Waals surface area contributed by atoms with Gasteiger partial charge >= 0.3 is 0 Å². The molecule has 0 radical (unpaired) electrons. The van der Waals surface area contributed by atoms with Crippen LogP contribution in [-0.2, 0) is 6.42 Å². The van der Waals surface area contributed by atoms with Gasteiger partial charge in [-0.15, -0.1) is 5.10 Å². The van der Waals surface area contributed by atoms with Crippen molar-refractivity contribution < 1.29 is 9.21 Å². The van der Waals surface area contributed by atoms with Crippen molar-refractivity contribution in [2.24, 2.45) is 0 Å². The second-order valence-corrected chi connectivity index (χ2v) is 6.00. The van der Waals surface area contributed by atoms with Crippen LogP contribution in [0.5, 0.6) is 0 Å². The van der Waals surface area contributed by atoms with E-state index in [1.54, 1.807) is 6.07 Å². The Balaban J connectivity index is 1.86. The molecule has 0 saturated heterocycles. The normalized spacial score (nSPS) is 11.3. The van der Waals surface area contributed by atoms with Gasteiger partial charge in [0.2, 0.25) is 0 Å². The molecule has 114 valence electrons. The Labute approximate surface area is 131 Å². The van der Waals surface area contributed by atoms with Gasteiger partial charge in [0, 0.05) is 11.6 Å². The van der Waals surface area contributed by atoms with E-state index in [4.69, 9.17) is 4.42 Å². The molecule has 0 spiro atoms. The van der Waals surface area contributed by atoms with E-state index in [-0.39, 0.29) is 11.8 Å². The van der Waals surface area contributed by atoms with Crippen LogP contribution in [0.2, 0.25) is 0 Å². The summed E-state index contributed by atoms with van der Waals surface area (Å²) < 4.78 is 9.49. The van der Waals surface area contributed by atoms with Gasteiger partial charge in [-0.3, -0.25) is 4.79 Å². The molecular weight excluding hydrogens is 300 g/mol. The van der Waals surface area contributed by atoms with Gasteiger partial charge in [-0.1, -0.05) is 25.3 Å². The number of anilines is 1. The number of nitrogens with one attached hydrogen (secondary N) is 1. The number of fused-ring (bicyclic) bond motifs is 1. The van der Waals surface area contributed by atoms with Crippen LogP contribution in [0.3, 0.4) is 0 Å². The molecule has 0 fully saturated rings. The lowest BCUT2D eigenvalue weighted by molar-refractivity contribution is 0.102. The summed E-state index contributed by atoms with van der Waals surface area (Å²) in [5, 5.41) is 6.81. The molecule has 0 atom stereocenters. The molecule has 22 heavy (non-hydrogen) atoms. The van der Waals surface area contributed by atoms with Crippen LogP contribution in [-0.4, -0.2) is 20.5 Å². The van der Waals surface area contributed by atoms with Gasteiger partial charge in [0.15, 0.2) is 11.5 Å². The third kappa shape index (κ3) is 2.71. The first-order valence-electron chi connectivity index (χ1n) is 7.11. The molecule has 3 rings (SSSR count). The molecule has 0 aliphatic rings. The van der Waals surface area contributed by atoms with Gasteiger partial charge in [-0.05, 0) is 36.2 Å². The van der Waals surface area contributed by atoms with Gasteiger partial charge in [0.25, 0.3) is 5.91 Å². The molecule has 0 saturated carbocycles. The molecule has 2 heterocycles. The molecule has 0 aliphatic heterocycles. The second-order valence-electron chi connectivity index (χ2n) is 5.25. The lowest BCUT2D eigenvalue weighted by Gasteiger charge is -2.03. The number of hydrogen-bond donors (Lipinski definition) is 1. The maximum Gasteiger partial charge on any atom is 0.269 e. The fourth-order valence-corrected chi connectivity index (χ4v) is 2.72. The maximum absolute atomic E-state index is 12.3. The summed E-state index contributed by atoms with van der Waals surface area (Å²) in [5.41, 5.74) is 2.85. The smallest absolute Gasteiger partial charge is 0.269 e. The minimum Gasteiger partial charge on any atom is -0.440 e. The third-order valence-corrected chi connectivity index (χ3v) is 4.02. The number of carbonyl (C=O) groups excluding carboxylic acids is 1. The van der Waals surface area contributed by atoms with Gasteiger partial charge < -0.3 is 9.73 Å². The Morgan fingerprint density at radius 1 is 1.41 bits per heavy atom. The zero-order valence-corrected chi connectivity index (χ0v) is 13.4. The van der Waals surface area contributed by atoms with Crippen molar-refractivity contribution >= 4 is 34.2 Å². The molecule has 3 aromatic rings. The predicted molar refractivity (Wildman–Crippen MR) is 85.3 cm³/mol. The van der Waals surface area contributed by atoms with E-state index in [1.807, 2.05) is 32.9 Å². The average Bonchev–Trinajstić information content (AvgIpc) is 3.12. The quantitative estimate of drug-likeness (QED) is 0.795. The molecule has 0 bridgehead atoms. The molecule has 6 nitrogen and oxygen atoms in total. The number of hydrogen-bond acceptors (Lipinski definition) is 6. The van der Waals surface area contributed by atoms with Crippen LogP contribution in [0, 0.1) is 0 Å². The van der Waals surface area contributed by atoms with Crippen LogP contribution in [0.4, 0.5) is 5.69 Å². The maximum atomic E-state index is 12.3. The van der Waals surface area contributed by atoms with E-state index in [2.05, 4.69) is 19.9 Å². The van der Waals surface area contributed by atoms with Crippen molar-refractivity contribution in [3.63, 3.8) is 0 Å². The summed E-state index contributed by atoms with van der Waals surface area (Å²) in [4.78, 5) is 17.3. The van der Waals surface area contributed by atoms with Crippen LogP contribution in [0.1, 0.15) is 47.9 Å². The van der Waals surface area contributed by atoms with Gasteiger partial charge in [0.05, 0.1) is 5.69 Å². The Morgan fingerprint density at radius 2 is 2.23 bits per heavy atom. The fraction of sp³-hybridized carbons (Fsp3) is 0.333. The molecule has 0 aliphatic carbocycles. The van der Waals surface area contributed by atoms with Crippen LogP contribution < -0.4 is 5.32 Å². The number of oxazole rings is 1. The number of rotatable bonds is 4. The van der Waals surface area contributed by atoms with E-state index in [0.29, 0.717) is 28.6 Å². The Kier molecular flexibility index (Phi) is 3.89. The molecule has 1 N–H and O–H groups in total. The predicted octanol–water partition coefficient (Wildman–Crippen LogP) is 3.62. The molecule has 2 aromatic heterocycles. The standard InChI is InChI=1S/C15H16N4O2S/c1-4-10-13(22-19-18-10)14(20)16-9-5-6-12-11(7-9)17-15(21-12)8(2)3/h5-8H,4H2,1-3H3,(H,16,20). The molecular formula is C15H16N4O2S. The number of aromatic nitrogens is 3. The molecule has 1 amide bonds. The molecule has 7 heteroatoms. The molecule has 0 unspecified atom stereocenters. The van der Waals surface area contributed by atoms with E-state index in [9.17, 15) is 4.79 Å². The first-order chi connectivity index (χ1) is 10.6. The number of benzene rings is 1.